The molecule has 1 aliphatic rings. The summed E-state index contributed by atoms with van der Waals surface area (Å²) in [6.07, 6.45) is 6.56. The third-order valence-corrected chi connectivity index (χ3v) is 3.81. The molecule has 0 amide bonds. The molecule has 0 radical (unpaired) electrons. The summed E-state index contributed by atoms with van der Waals surface area (Å²) in [5.41, 5.74) is 2.16. The molecule has 0 N–H and O–H groups in total. The van der Waals surface area contributed by atoms with E-state index >= 15 is 0 Å². The molecular weight excluding hydrogens is 240 g/mol. The van der Waals surface area contributed by atoms with Gasteiger partial charge in [-0.3, -0.25) is 15.0 Å². The standard InChI is InChI=1S/C15H22N2O2/c1-13-11-14(7-8-15(13)17(18)19)12-16-9-5-3-2-4-6-10-16/h7-8,11H,2-6,9-10,12H2,1H3. The maximum Gasteiger partial charge on any atom is 0.272 e. The molecule has 104 valence electrons. The van der Waals surface area contributed by atoms with Crippen molar-refractivity contribution >= 4 is 5.69 Å². The average Bonchev–Trinajstić information content (AvgIpc) is 2.32. The quantitative estimate of drug-likeness (QED) is 0.616. The topological polar surface area (TPSA) is 46.4 Å². The first kappa shape index (κ1) is 14.0. The van der Waals surface area contributed by atoms with Gasteiger partial charge in [0.25, 0.3) is 5.69 Å². The van der Waals surface area contributed by atoms with Crippen LogP contribution in [0.2, 0.25) is 0 Å². The van der Waals surface area contributed by atoms with Gasteiger partial charge in [-0.2, -0.15) is 0 Å². The zero-order chi connectivity index (χ0) is 13.7. The number of nitro groups is 1. The van der Waals surface area contributed by atoms with Gasteiger partial charge in [-0.05, 0) is 44.5 Å². The van der Waals surface area contributed by atoms with Crippen molar-refractivity contribution in [2.24, 2.45) is 0 Å². The van der Waals surface area contributed by atoms with Crippen molar-refractivity contribution in [3.05, 3.63) is 39.4 Å². The zero-order valence-electron chi connectivity index (χ0n) is 11.6. The fourth-order valence-corrected chi connectivity index (χ4v) is 2.75. The van der Waals surface area contributed by atoms with Crippen LogP contribution in [0.5, 0.6) is 0 Å². The Balaban J connectivity index is 2.01. The van der Waals surface area contributed by atoms with Gasteiger partial charge in [0, 0.05) is 18.2 Å². The van der Waals surface area contributed by atoms with Gasteiger partial charge < -0.3 is 0 Å². The van der Waals surface area contributed by atoms with E-state index in [1.165, 1.54) is 37.7 Å². The van der Waals surface area contributed by atoms with Gasteiger partial charge in [0.2, 0.25) is 0 Å². The summed E-state index contributed by atoms with van der Waals surface area (Å²) >= 11 is 0. The summed E-state index contributed by atoms with van der Waals surface area (Å²) < 4.78 is 0. The summed E-state index contributed by atoms with van der Waals surface area (Å²) in [6.45, 7) is 5.03. The fraction of sp³-hybridized carbons (Fsp3) is 0.600. The first-order valence-corrected chi connectivity index (χ1v) is 7.13. The molecular formula is C15H22N2O2. The fourth-order valence-electron chi connectivity index (χ4n) is 2.75. The number of likely N-dealkylation sites (tertiary alicyclic amines) is 1. The second-order valence-corrected chi connectivity index (χ2v) is 5.42. The van der Waals surface area contributed by atoms with Crippen LogP contribution in [-0.2, 0) is 6.54 Å². The monoisotopic (exact) mass is 262 g/mol. The highest BCUT2D eigenvalue weighted by molar-refractivity contribution is 5.41. The van der Waals surface area contributed by atoms with Gasteiger partial charge in [-0.1, -0.05) is 25.3 Å². The maximum absolute atomic E-state index is 10.8. The van der Waals surface area contributed by atoms with Crippen molar-refractivity contribution < 1.29 is 4.92 Å². The molecule has 1 heterocycles. The van der Waals surface area contributed by atoms with Gasteiger partial charge in [0.1, 0.15) is 0 Å². The Morgan fingerprint density at radius 3 is 2.37 bits per heavy atom. The van der Waals surface area contributed by atoms with E-state index in [0.717, 1.165) is 25.2 Å². The van der Waals surface area contributed by atoms with Crippen LogP contribution in [0.25, 0.3) is 0 Å². The number of benzene rings is 1. The minimum absolute atomic E-state index is 0.219. The van der Waals surface area contributed by atoms with Crippen molar-refractivity contribution in [3.63, 3.8) is 0 Å². The summed E-state index contributed by atoms with van der Waals surface area (Å²) in [7, 11) is 0. The number of aryl methyl sites for hydroxylation is 1. The SMILES string of the molecule is Cc1cc(CN2CCCCCCC2)ccc1[N+](=O)[O-]. The molecule has 1 aromatic carbocycles. The number of hydrogen-bond acceptors (Lipinski definition) is 3. The molecule has 4 heteroatoms. The second kappa shape index (κ2) is 6.66. The van der Waals surface area contributed by atoms with Crippen LogP contribution in [0, 0.1) is 17.0 Å². The molecule has 0 saturated carbocycles. The van der Waals surface area contributed by atoms with Crippen LogP contribution >= 0.6 is 0 Å². The summed E-state index contributed by atoms with van der Waals surface area (Å²) in [5.74, 6) is 0. The first-order valence-electron chi connectivity index (χ1n) is 7.13. The minimum Gasteiger partial charge on any atom is -0.299 e. The van der Waals surface area contributed by atoms with Crippen molar-refractivity contribution in [1.82, 2.24) is 4.90 Å². The van der Waals surface area contributed by atoms with E-state index in [4.69, 9.17) is 0 Å². The molecule has 19 heavy (non-hydrogen) atoms. The Kier molecular flexibility index (Phi) is 4.91. The number of nitrogens with zero attached hydrogens (tertiary/aromatic N) is 2. The largest absolute Gasteiger partial charge is 0.299 e. The average molecular weight is 262 g/mol. The van der Waals surface area contributed by atoms with Crippen LogP contribution < -0.4 is 0 Å². The first-order chi connectivity index (χ1) is 9.16. The lowest BCUT2D eigenvalue weighted by Crippen LogP contribution is -2.26. The lowest BCUT2D eigenvalue weighted by molar-refractivity contribution is -0.385. The van der Waals surface area contributed by atoms with E-state index in [0.29, 0.717) is 0 Å². The number of hydrogen-bond donors (Lipinski definition) is 0. The number of nitro benzene ring substituents is 1. The molecule has 1 fully saturated rings. The minimum atomic E-state index is -0.310. The lowest BCUT2D eigenvalue weighted by atomic mass is 10.1. The molecule has 4 nitrogen and oxygen atoms in total. The van der Waals surface area contributed by atoms with Gasteiger partial charge in [-0.15, -0.1) is 0 Å². The van der Waals surface area contributed by atoms with Crippen molar-refractivity contribution in [2.75, 3.05) is 13.1 Å². The van der Waals surface area contributed by atoms with Crippen LogP contribution in [0.4, 0.5) is 5.69 Å². The highest BCUT2D eigenvalue weighted by Gasteiger charge is 2.13. The Hall–Kier alpha value is -1.42. The summed E-state index contributed by atoms with van der Waals surface area (Å²) in [6, 6.07) is 5.48. The maximum atomic E-state index is 10.8. The van der Waals surface area contributed by atoms with E-state index in [1.807, 2.05) is 19.1 Å². The van der Waals surface area contributed by atoms with Gasteiger partial charge in [0.15, 0.2) is 0 Å². The molecule has 0 atom stereocenters. The third-order valence-electron chi connectivity index (χ3n) is 3.81. The van der Waals surface area contributed by atoms with Crippen LogP contribution in [0.3, 0.4) is 0 Å². The highest BCUT2D eigenvalue weighted by atomic mass is 16.6. The summed E-state index contributed by atoms with van der Waals surface area (Å²) in [5, 5.41) is 10.8. The van der Waals surface area contributed by atoms with Gasteiger partial charge in [0.05, 0.1) is 4.92 Å². The Bertz CT molecular complexity index is 438. The Morgan fingerprint density at radius 1 is 1.16 bits per heavy atom. The van der Waals surface area contributed by atoms with Crippen LogP contribution in [0.1, 0.15) is 43.2 Å². The van der Waals surface area contributed by atoms with E-state index in [2.05, 4.69) is 4.90 Å². The third kappa shape index (κ3) is 4.03. The van der Waals surface area contributed by atoms with E-state index < -0.39 is 0 Å². The van der Waals surface area contributed by atoms with E-state index in [1.54, 1.807) is 6.07 Å². The van der Waals surface area contributed by atoms with Gasteiger partial charge >= 0.3 is 0 Å². The van der Waals surface area contributed by atoms with Crippen LogP contribution in [-0.4, -0.2) is 22.9 Å². The Labute approximate surface area is 114 Å². The molecule has 1 saturated heterocycles. The predicted octanol–water partition coefficient (Wildman–Crippen LogP) is 3.67. The molecule has 0 unspecified atom stereocenters. The predicted molar refractivity (Wildman–Crippen MR) is 76.2 cm³/mol. The molecule has 0 aliphatic carbocycles. The second-order valence-electron chi connectivity index (χ2n) is 5.42. The molecule has 0 bridgehead atoms. The normalized spacial score (nSPS) is 17.7. The molecule has 2 rings (SSSR count). The van der Waals surface area contributed by atoms with Gasteiger partial charge in [-0.25, -0.2) is 0 Å². The zero-order valence-corrected chi connectivity index (χ0v) is 11.6. The smallest absolute Gasteiger partial charge is 0.272 e. The Morgan fingerprint density at radius 2 is 1.79 bits per heavy atom. The molecule has 1 aromatic rings. The van der Waals surface area contributed by atoms with Crippen molar-refractivity contribution in [2.45, 2.75) is 45.6 Å². The highest BCUT2D eigenvalue weighted by Crippen LogP contribution is 2.20. The molecule has 1 aliphatic heterocycles. The summed E-state index contributed by atoms with van der Waals surface area (Å²) in [4.78, 5) is 13.0. The van der Waals surface area contributed by atoms with E-state index in [-0.39, 0.29) is 10.6 Å². The molecule has 0 spiro atoms. The van der Waals surface area contributed by atoms with Crippen LogP contribution in [0.15, 0.2) is 18.2 Å². The lowest BCUT2D eigenvalue weighted by Gasteiger charge is -2.24. The molecule has 0 aromatic heterocycles. The van der Waals surface area contributed by atoms with Crippen molar-refractivity contribution in [3.8, 4) is 0 Å². The van der Waals surface area contributed by atoms with E-state index in [9.17, 15) is 10.1 Å². The number of rotatable bonds is 3. The van der Waals surface area contributed by atoms with Crippen molar-refractivity contribution in [1.29, 1.82) is 0 Å².